The van der Waals surface area contributed by atoms with Crippen molar-refractivity contribution in [3.05, 3.63) is 24.3 Å². The quantitative estimate of drug-likeness (QED) is 0.0261. The molecular formula is C64H120O6. The van der Waals surface area contributed by atoms with Crippen LogP contribution < -0.4 is 0 Å². The minimum absolute atomic E-state index is 0.0686. The largest absolute Gasteiger partial charge is 0.462 e. The Morgan fingerprint density at radius 1 is 0.271 bits per heavy atom. The van der Waals surface area contributed by atoms with Crippen molar-refractivity contribution >= 4 is 17.9 Å². The van der Waals surface area contributed by atoms with E-state index < -0.39 is 6.10 Å². The monoisotopic (exact) mass is 985 g/mol. The van der Waals surface area contributed by atoms with Crippen molar-refractivity contribution in [2.45, 2.75) is 354 Å². The Labute approximate surface area is 436 Å². The predicted molar refractivity (Wildman–Crippen MR) is 303 cm³/mol. The van der Waals surface area contributed by atoms with Gasteiger partial charge in [0.05, 0.1) is 0 Å². The van der Waals surface area contributed by atoms with Gasteiger partial charge in [0.1, 0.15) is 13.2 Å². The average molecular weight is 986 g/mol. The fraction of sp³-hybridized carbons (Fsp3) is 0.891. The normalized spacial score (nSPS) is 12.1. The van der Waals surface area contributed by atoms with Crippen LogP contribution in [0.2, 0.25) is 0 Å². The van der Waals surface area contributed by atoms with E-state index in [0.29, 0.717) is 19.3 Å². The number of hydrogen-bond acceptors (Lipinski definition) is 6. The van der Waals surface area contributed by atoms with Gasteiger partial charge in [-0.3, -0.25) is 14.4 Å². The Morgan fingerprint density at radius 2 is 0.471 bits per heavy atom. The van der Waals surface area contributed by atoms with Gasteiger partial charge in [0, 0.05) is 19.3 Å². The summed E-state index contributed by atoms with van der Waals surface area (Å²) < 4.78 is 16.9. The number of allylic oxidation sites excluding steroid dienone is 4. The molecule has 1 atom stereocenters. The first-order chi connectivity index (χ1) is 34.5. The number of carbonyl (C=O) groups is 3. The highest BCUT2D eigenvalue weighted by atomic mass is 16.6. The molecule has 0 radical (unpaired) electrons. The minimum atomic E-state index is -0.771. The van der Waals surface area contributed by atoms with Gasteiger partial charge in [0.15, 0.2) is 6.10 Å². The molecule has 0 bridgehead atoms. The summed E-state index contributed by atoms with van der Waals surface area (Å²) in [6.45, 7) is 6.69. The molecule has 0 aromatic heterocycles. The molecule has 0 amide bonds. The van der Waals surface area contributed by atoms with Gasteiger partial charge in [-0.1, -0.05) is 283 Å². The van der Waals surface area contributed by atoms with Crippen molar-refractivity contribution in [2.75, 3.05) is 13.2 Å². The highest BCUT2D eigenvalue weighted by molar-refractivity contribution is 5.71. The van der Waals surface area contributed by atoms with Gasteiger partial charge in [-0.25, -0.2) is 0 Å². The molecule has 412 valence electrons. The second kappa shape index (κ2) is 59.5. The molecule has 0 aliphatic rings. The number of unbranched alkanes of at least 4 members (excludes halogenated alkanes) is 43. The summed E-state index contributed by atoms with van der Waals surface area (Å²) in [5, 5.41) is 0. The maximum atomic E-state index is 12.9. The van der Waals surface area contributed by atoms with E-state index >= 15 is 0 Å². The summed E-state index contributed by atoms with van der Waals surface area (Å²) in [4.78, 5) is 38.3. The molecule has 70 heavy (non-hydrogen) atoms. The molecule has 0 saturated heterocycles. The Kier molecular flexibility index (Phi) is 57.7. The molecule has 0 unspecified atom stereocenters. The Hall–Kier alpha value is -2.11. The van der Waals surface area contributed by atoms with Crippen LogP contribution in [0.4, 0.5) is 0 Å². The molecule has 0 aliphatic heterocycles. The third-order valence-electron chi connectivity index (χ3n) is 14.2. The summed E-state index contributed by atoms with van der Waals surface area (Å²) in [7, 11) is 0. The maximum Gasteiger partial charge on any atom is 0.306 e. The average Bonchev–Trinajstić information content (AvgIpc) is 3.36. The van der Waals surface area contributed by atoms with Gasteiger partial charge in [-0.15, -0.1) is 0 Å². The fourth-order valence-corrected chi connectivity index (χ4v) is 9.44. The van der Waals surface area contributed by atoms with Crippen molar-refractivity contribution in [1.82, 2.24) is 0 Å². The molecule has 0 aliphatic carbocycles. The number of hydrogen-bond donors (Lipinski definition) is 0. The van der Waals surface area contributed by atoms with E-state index in [9.17, 15) is 14.4 Å². The first kappa shape index (κ1) is 67.9. The topological polar surface area (TPSA) is 78.9 Å². The third-order valence-corrected chi connectivity index (χ3v) is 14.2. The zero-order chi connectivity index (χ0) is 50.7. The number of carbonyl (C=O) groups excluding carboxylic acids is 3. The summed E-state index contributed by atoms with van der Waals surface area (Å²) in [5.74, 6) is -0.850. The Morgan fingerprint density at radius 3 is 0.714 bits per heavy atom. The second-order valence-electron chi connectivity index (χ2n) is 21.3. The zero-order valence-electron chi connectivity index (χ0n) is 47.3. The molecule has 6 heteroatoms. The van der Waals surface area contributed by atoms with E-state index in [0.717, 1.165) is 57.8 Å². The van der Waals surface area contributed by atoms with Crippen LogP contribution in [0.25, 0.3) is 0 Å². The van der Waals surface area contributed by atoms with Crippen molar-refractivity contribution in [3.63, 3.8) is 0 Å². The van der Waals surface area contributed by atoms with Crippen LogP contribution in [0.5, 0.6) is 0 Å². The van der Waals surface area contributed by atoms with E-state index in [4.69, 9.17) is 14.2 Å². The van der Waals surface area contributed by atoms with Gasteiger partial charge >= 0.3 is 17.9 Å². The van der Waals surface area contributed by atoms with Crippen molar-refractivity contribution in [1.29, 1.82) is 0 Å². The molecular weight excluding hydrogens is 865 g/mol. The molecule has 0 N–H and O–H groups in total. The lowest BCUT2D eigenvalue weighted by atomic mass is 10.0. The highest BCUT2D eigenvalue weighted by Gasteiger charge is 2.19. The Balaban J connectivity index is 4.32. The molecule has 0 aromatic carbocycles. The van der Waals surface area contributed by atoms with Gasteiger partial charge in [0.25, 0.3) is 0 Å². The van der Waals surface area contributed by atoms with E-state index in [2.05, 4.69) is 45.1 Å². The lowest BCUT2D eigenvalue weighted by molar-refractivity contribution is -0.167. The van der Waals surface area contributed by atoms with Crippen molar-refractivity contribution in [3.8, 4) is 0 Å². The van der Waals surface area contributed by atoms with Crippen LogP contribution in [-0.2, 0) is 28.6 Å². The van der Waals surface area contributed by atoms with Crippen LogP contribution in [-0.4, -0.2) is 37.2 Å². The molecule has 0 fully saturated rings. The molecule has 0 heterocycles. The lowest BCUT2D eigenvalue weighted by Gasteiger charge is -2.18. The molecule has 0 rings (SSSR count). The van der Waals surface area contributed by atoms with Crippen molar-refractivity contribution in [2.24, 2.45) is 0 Å². The summed E-state index contributed by atoms with van der Waals surface area (Å²) in [6.07, 6.45) is 70.3. The molecule has 6 nitrogen and oxygen atoms in total. The number of esters is 3. The van der Waals surface area contributed by atoms with Crippen molar-refractivity contribution < 1.29 is 28.6 Å². The van der Waals surface area contributed by atoms with Crippen LogP contribution in [0.15, 0.2) is 24.3 Å². The predicted octanol–water partition coefficient (Wildman–Crippen LogP) is 21.1. The molecule has 0 aromatic rings. The van der Waals surface area contributed by atoms with Crippen LogP contribution in [0.3, 0.4) is 0 Å². The summed E-state index contributed by atoms with van der Waals surface area (Å²) in [6, 6.07) is 0. The van der Waals surface area contributed by atoms with Crippen LogP contribution in [0, 0.1) is 0 Å². The smallest absolute Gasteiger partial charge is 0.306 e. The second-order valence-corrected chi connectivity index (χ2v) is 21.3. The van der Waals surface area contributed by atoms with Crippen LogP contribution >= 0.6 is 0 Å². The van der Waals surface area contributed by atoms with E-state index in [-0.39, 0.29) is 31.1 Å². The maximum absolute atomic E-state index is 12.9. The first-order valence-corrected chi connectivity index (χ1v) is 31.3. The Bertz CT molecular complexity index is 1130. The highest BCUT2D eigenvalue weighted by Crippen LogP contribution is 2.17. The lowest BCUT2D eigenvalue weighted by Crippen LogP contribution is -2.30. The van der Waals surface area contributed by atoms with Crippen LogP contribution in [0.1, 0.15) is 348 Å². The zero-order valence-corrected chi connectivity index (χ0v) is 47.3. The third kappa shape index (κ3) is 56.8. The van der Waals surface area contributed by atoms with E-state index in [1.165, 1.54) is 250 Å². The van der Waals surface area contributed by atoms with E-state index in [1.54, 1.807) is 0 Å². The van der Waals surface area contributed by atoms with Gasteiger partial charge < -0.3 is 14.2 Å². The van der Waals surface area contributed by atoms with Gasteiger partial charge in [-0.05, 0) is 70.6 Å². The fourth-order valence-electron chi connectivity index (χ4n) is 9.44. The first-order valence-electron chi connectivity index (χ1n) is 31.3. The summed E-state index contributed by atoms with van der Waals surface area (Å²) in [5.41, 5.74) is 0. The molecule has 0 spiro atoms. The SMILES string of the molecule is CCCCCCCC/C=C\CCCCCCCCCCCC(=O)OC[C@@H](COC(=O)CCCCCCCCCCCCCCCCCC)OC(=O)CCCCCCCCC/C=C\CCCCCCCC. The number of ether oxygens (including phenoxy) is 3. The van der Waals surface area contributed by atoms with E-state index in [1.807, 2.05) is 0 Å². The minimum Gasteiger partial charge on any atom is -0.462 e. The number of rotatable bonds is 58. The van der Waals surface area contributed by atoms with Gasteiger partial charge in [-0.2, -0.15) is 0 Å². The van der Waals surface area contributed by atoms with Gasteiger partial charge in [0.2, 0.25) is 0 Å². The standard InChI is InChI=1S/C64H120O6/c1-4-7-10-13-16-19-22-25-28-31-32-34-36-39-42-45-48-51-54-57-63(66)69-60-61(59-68-62(65)56-53-50-47-44-41-38-35-30-27-24-21-18-15-12-9-6-3)70-64(67)58-55-52-49-46-43-40-37-33-29-26-23-20-17-14-11-8-5-2/h25-26,28-29,61H,4-24,27,30-60H2,1-3H3/b28-25-,29-26-/t61-/m1/s1. The summed E-state index contributed by atoms with van der Waals surface area (Å²) >= 11 is 0. The molecule has 0 saturated carbocycles.